The first-order valence-electron chi connectivity index (χ1n) is 9.28. The SMILES string of the molecule is CCOc1cc(C=NNc2ccc([N+](=O)[O-])cc2S(=O)(=O)N(CC)CC)ccc1O. The molecule has 2 N–H and O–H groups in total. The molecule has 0 aliphatic heterocycles. The molecule has 2 rings (SSSR count). The van der Waals surface area contributed by atoms with Gasteiger partial charge in [-0.1, -0.05) is 13.8 Å². The smallest absolute Gasteiger partial charge is 0.270 e. The summed E-state index contributed by atoms with van der Waals surface area (Å²) in [5.41, 5.74) is 3.00. The van der Waals surface area contributed by atoms with Crippen LogP contribution >= 0.6 is 0 Å². The molecule has 0 bridgehead atoms. The molecule has 0 aliphatic carbocycles. The summed E-state index contributed by atoms with van der Waals surface area (Å²) in [6.45, 7) is 5.97. The van der Waals surface area contributed by atoms with Crippen LogP contribution in [0.5, 0.6) is 11.5 Å². The lowest BCUT2D eigenvalue weighted by molar-refractivity contribution is -0.385. The summed E-state index contributed by atoms with van der Waals surface area (Å²) < 4.78 is 32.4. The van der Waals surface area contributed by atoms with Crippen LogP contribution in [-0.2, 0) is 10.0 Å². The van der Waals surface area contributed by atoms with Crippen LogP contribution in [0.1, 0.15) is 26.3 Å². The zero-order valence-corrected chi connectivity index (χ0v) is 17.7. The van der Waals surface area contributed by atoms with Gasteiger partial charge in [0.25, 0.3) is 5.69 Å². The summed E-state index contributed by atoms with van der Waals surface area (Å²) in [5.74, 6) is 0.284. The molecule has 0 atom stereocenters. The van der Waals surface area contributed by atoms with Gasteiger partial charge in [-0.05, 0) is 36.8 Å². The molecule has 30 heavy (non-hydrogen) atoms. The van der Waals surface area contributed by atoms with Gasteiger partial charge in [0.1, 0.15) is 4.90 Å². The number of non-ortho nitro benzene ring substituents is 1. The van der Waals surface area contributed by atoms with Crippen molar-refractivity contribution in [1.82, 2.24) is 4.31 Å². The van der Waals surface area contributed by atoms with Crippen molar-refractivity contribution in [2.24, 2.45) is 5.10 Å². The third kappa shape index (κ3) is 5.24. The van der Waals surface area contributed by atoms with Crippen molar-refractivity contribution in [2.45, 2.75) is 25.7 Å². The average Bonchev–Trinajstić information content (AvgIpc) is 2.71. The van der Waals surface area contributed by atoms with Crippen molar-refractivity contribution in [3.63, 3.8) is 0 Å². The van der Waals surface area contributed by atoms with Gasteiger partial charge in [-0.3, -0.25) is 15.5 Å². The summed E-state index contributed by atoms with van der Waals surface area (Å²) in [5, 5.41) is 24.9. The number of nitro benzene ring substituents is 1. The van der Waals surface area contributed by atoms with Gasteiger partial charge in [0.2, 0.25) is 10.0 Å². The maximum absolute atomic E-state index is 12.9. The fourth-order valence-electron chi connectivity index (χ4n) is 2.69. The molecule has 11 heteroatoms. The van der Waals surface area contributed by atoms with Gasteiger partial charge in [-0.15, -0.1) is 0 Å². The molecule has 0 spiro atoms. The second kappa shape index (κ2) is 10.0. The van der Waals surface area contributed by atoms with E-state index in [2.05, 4.69) is 10.5 Å². The number of hydrogen-bond donors (Lipinski definition) is 2. The number of nitrogens with one attached hydrogen (secondary N) is 1. The van der Waals surface area contributed by atoms with Crippen molar-refractivity contribution in [2.75, 3.05) is 25.1 Å². The van der Waals surface area contributed by atoms with Crippen molar-refractivity contribution >= 4 is 27.6 Å². The largest absolute Gasteiger partial charge is 0.504 e. The molecule has 0 fully saturated rings. The molecule has 0 aromatic heterocycles. The van der Waals surface area contributed by atoms with Crippen molar-refractivity contribution in [1.29, 1.82) is 0 Å². The molecule has 2 aromatic carbocycles. The van der Waals surface area contributed by atoms with Crippen LogP contribution in [-0.4, -0.2) is 48.7 Å². The first-order chi connectivity index (χ1) is 14.2. The number of hydrogen-bond acceptors (Lipinski definition) is 8. The highest BCUT2D eigenvalue weighted by Crippen LogP contribution is 2.29. The number of nitro groups is 1. The van der Waals surface area contributed by atoms with Crippen LogP contribution in [0, 0.1) is 10.1 Å². The molecular formula is C19H24N4O6S. The highest BCUT2D eigenvalue weighted by Gasteiger charge is 2.27. The third-order valence-corrected chi connectivity index (χ3v) is 6.27. The Bertz CT molecular complexity index is 1040. The number of phenolic OH excluding ortho intramolecular Hbond substituents is 1. The first kappa shape index (κ1) is 23.1. The Morgan fingerprint density at radius 1 is 1.20 bits per heavy atom. The van der Waals surface area contributed by atoms with Gasteiger partial charge < -0.3 is 9.84 Å². The molecular weight excluding hydrogens is 412 g/mol. The molecule has 0 saturated heterocycles. The quantitative estimate of drug-likeness (QED) is 0.332. The van der Waals surface area contributed by atoms with Crippen molar-refractivity contribution < 1.29 is 23.2 Å². The Hall–Kier alpha value is -3.18. The molecule has 0 unspecified atom stereocenters. The average molecular weight is 436 g/mol. The zero-order chi connectivity index (χ0) is 22.3. The van der Waals surface area contributed by atoms with E-state index in [1.165, 1.54) is 28.7 Å². The van der Waals surface area contributed by atoms with E-state index in [0.717, 1.165) is 6.07 Å². The Kier molecular flexibility index (Phi) is 7.72. The van der Waals surface area contributed by atoms with E-state index in [0.29, 0.717) is 17.9 Å². The number of sulfonamides is 1. The number of phenols is 1. The number of ether oxygens (including phenoxy) is 1. The van der Waals surface area contributed by atoms with Crippen molar-refractivity contribution in [3.8, 4) is 11.5 Å². The number of hydrazone groups is 1. The summed E-state index contributed by atoms with van der Waals surface area (Å²) in [7, 11) is -3.96. The molecule has 162 valence electrons. The lowest BCUT2D eigenvalue weighted by Gasteiger charge is -2.20. The summed E-state index contributed by atoms with van der Waals surface area (Å²) in [6.07, 6.45) is 1.41. The second-order valence-corrected chi connectivity index (χ2v) is 7.96. The first-order valence-corrected chi connectivity index (χ1v) is 10.7. The van der Waals surface area contributed by atoms with E-state index in [9.17, 15) is 23.6 Å². The lowest BCUT2D eigenvalue weighted by Crippen LogP contribution is -2.31. The van der Waals surface area contributed by atoms with Crippen LogP contribution in [0.25, 0.3) is 0 Å². The van der Waals surface area contributed by atoms with E-state index in [1.54, 1.807) is 32.9 Å². The van der Waals surface area contributed by atoms with Gasteiger partial charge in [-0.2, -0.15) is 9.41 Å². The molecule has 10 nitrogen and oxygen atoms in total. The highest BCUT2D eigenvalue weighted by molar-refractivity contribution is 7.89. The molecule has 0 heterocycles. The summed E-state index contributed by atoms with van der Waals surface area (Å²) in [4.78, 5) is 10.2. The Morgan fingerprint density at radius 3 is 2.50 bits per heavy atom. The molecule has 0 saturated carbocycles. The van der Waals surface area contributed by atoms with E-state index in [-0.39, 0.29) is 35.1 Å². The van der Waals surface area contributed by atoms with E-state index in [1.807, 2.05) is 0 Å². The van der Waals surface area contributed by atoms with E-state index >= 15 is 0 Å². The second-order valence-electron chi connectivity index (χ2n) is 6.06. The maximum Gasteiger partial charge on any atom is 0.270 e. The van der Waals surface area contributed by atoms with E-state index < -0.39 is 14.9 Å². The predicted octanol–water partition coefficient (Wildman–Crippen LogP) is 3.18. The van der Waals surface area contributed by atoms with Crippen molar-refractivity contribution in [3.05, 3.63) is 52.1 Å². The Morgan fingerprint density at radius 2 is 1.90 bits per heavy atom. The van der Waals surface area contributed by atoms with Crippen LogP contribution in [0.3, 0.4) is 0 Å². The minimum Gasteiger partial charge on any atom is -0.504 e. The number of nitrogens with zero attached hydrogens (tertiary/aromatic N) is 3. The van der Waals surface area contributed by atoms with E-state index in [4.69, 9.17) is 4.74 Å². The van der Waals surface area contributed by atoms with Crippen LogP contribution in [0.2, 0.25) is 0 Å². The molecule has 2 aromatic rings. The minimum atomic E-state index is -3.96. The molecule has 0 amide bonds. The third-order valence-electron chi connectivity index (χ3n) is 4.18. The van der Waals surface area contributed by atoms with Gasteiger partial charge in [0.15, 0.2) is 11.5 Å². The van der Waals surface area contributed by atoms with Crippen LogP contribution in [0.4, 0.5) is 11.4 Å². The number of benzene rings is 2. The highest BCUT2D eigenvalue weighted by atomic mass is 32.2. The number of anilines is 1. The topological polar surface area (TPSA) is 134 Å². The Labute approximate surface area is 175 Å². The normalized spacial score (nSPS) is 11.7. The lowest BCUT2D eigenvalue weighted by atomic mass is 10.2. The zero-order valence-electron chi connectivity index (χ0n) is 16.9. The van der Waals surface area contributed by atoms with Gasteiger partial charge in [0.05, 0.1) is 23.4 Å². The van der Waals surface area contributed by atoms with Gasteiger partial charge in [-0.25, -0.2) is 8.42 Å². The molecule has 0 aliphatic rings. The minimum absolute atomic E-state index is 0.00932. The standard InChI is InChI=1S/C19H24N4O6S/c1-4-22(5-2)30(27,28)19-12-15(23(25)26)8-9-16(19)21-20-13-14-7-10-17(24)18(11-14)29-6-3/h7-13,21,24H,4-6H2,1-3H3. The van der Waals surface area contributed by atoms with Crippen LogP contribution < -0.4 is 10.2 Å². The summed E-state index contributed by atoms with van der Waals surface area (Å²) >= 11 is 0. The Balaban J connectivity index is 2.39. The number of rotatable bonds is 10. The molecule has 0 radical (unpaired) electrons. The van der Waals surface area contributed by atoms with Crippen LogP contribution in [0.15, 0.2) is 46.4 Å². The van der Waals surface area contributed by atoms with Gasteiger partial charge >= 0.3 is 0 Å². The fourth-order valence-corrected chi connectivity index (χ4v) is 4.31. The maximum atomic E-state index is 12.9. The fraction of sp³-hybridized carbons (Fsp3) is 0.316. The van der Waals surface area contributed by atoms with Gasteiger partial charge in [0, 0.05) is 25.2 Å². The predicted molar refractivity (Wildman–Crippen MR) is 114 cm³/mol. The monoisotopic (exact) mass is 436 g/mol. The summed E-state index contributed by atoms with van der Waals surface area (Å²) in [6, 6.07) is 8.15. The number of aromatic hydroxyl groups is 1.